The highest BCUT2D eigenvalue weighted by atomic mass is 19.3. The summed E-state index contributed by atoms with van der Waals surface area (Å²) in [4.78, 5) is 39.5. The Balaban J connectivity index is 1.03. The van der Waals surface area contributed by atoms with Crippen LogP contribution in [-0.2, 0) is 20.9 Å². The van der Waals surface area contributed by atoms with E-state index in [2.05, 4.69) is 10.6 Å². The number of fused-ring (bicyclic) bond motifs is 3. The van der Waals surface area contributed by atoms with Crippen molar-refractivity contribution < 1.29 is 33.0 Å². The number of carbonyl (C=O) groups is 3. The van der Waals surface area contributed by atoms with Gasteiger partial charge < -0.3 is 20.5 Å². The molecule has 0 spiro atoms. The van der Waals surface area contributed by atoms with E-state index in [1.165, 1.54) is 0 Å². The number of carbonyl (C=O) groups excluding carboxylic acids is 2. The molecule has 0 bridgehead atoms. The second-order valence-corrected chi connectivity index (χ2v) is 11.3. The molecule has 3 aromatic rings. The molecule has 1 saturated carbocycles. The van der Waals surface area contributed by atoms with E-state index in [4.69, 9.17) is 4.74 Å². The van der Waals surface area contributed by atoms with Gasteiger partial charge in [0.15, 0.2) is 5.54 Å². The Morgan fingerprint density at radius 1 is 0.929 bits per heavy atom. The highest BCUT2D eigenvalue weighted by Crippen LogP contribution is 2.55. The molecule has 6 rings (SSSR count). The zero-order valence-corrected chi connectivity index (χ0v) is 22.8. The van der Waals surface area contributed by atoms with Crippen molar-refractivity contribution in [2.24, 2.45) is 11.8 Å². The van der Waals surface area contributed by atoms with Crippen molar-refractivity contribution in [3.63, 3.8) is 0 Å². The minimum absolute atomic E-state index is 0.00389. The zero-order valence-electron chi connectivity index (χ0n) is 22.8. The van der Waals surface area contributed by atoms with Gasteiger partial charge in [-0.3, -0.25) is 9.69 Å². The molecule has 1 saturated heterocycles. The van der Waals surface area contributed by atoms with Crippen LogP contribution in [0, 0.1) is 11.8 Å². The van der Waals surface area contributed by atoms with Gasteiger partial charge >= 0.3 is 12.1 Å². The molecule has 0 radical (unpaired) electrons. The van der Waals surface area contributed by atoms with Crippen molar-refractivity contribution >= 4 is 18.0 Å². The van der Waals surface area contributed by atoms with Gasteiger partial charge in [-0.2, -0.15) is 0 Å². The van der Waals surface area contributed by atoms with E-state index >= 15 is 0 Å². The van der Waals surface area contributed by atoms with E-state index in [1.807, 2.05) is 83.8 Å². The minimum atomic E-state index is -3.37. The fraction of sp³-hybridized carbons (Fsp3) is 0.344. The van der Waals surface area contributed by atoms with Crippen LogP contribution in [-0.4, -0.2) is 65.7 Å². The Morgan fingerprint density at radius 3 is 2.19 bits per heavy atom. The highest BCUT2D eigenvalue weighted by molar-refractivity contribution is 5.91. The molecule has 3 unspecified atom stereocenters. The topological polar surface area (TPSA) is 108 Å². The number of alkyl halides is 2. The zero-order chi connectivity index (χ0) is 29.5. The van der Waals surface area contributed by atoms with Crippen LogP contribution in [0.2, 0.25) is 0 Å². The van der Waals surface area contributed by atoms with Crippen LogP contribution in [0.5, 0.6) is 0 Å². The van der Waals surface area contributed by atoms with Crippen LogP contribution >= 0.6 is 0 Å². The number of ether oxygens (including phenoxy) is 1. The lowest BCUT2D eigenvalue weighted by atomic mass is 9.98. The van der Waals surface area contributed by atoms with Gasteiger partial charge in [0, 0.05) is 32.1 Å². The second kappa shape index (κ2) is 10.8. The number of amides is 2. The Kier molecular flexibility index (Phi) is 7.18. The monoisotopic (exact) mass is 575 g/mol. The Bertz CT molecular complexity index is 1470. The Hall–Kier alpha value is -4.31. The summed E-state index contributed by atoms with van der Waals surface area (Å²) >= 11 is 0. The Morgan fingerprint density at radius 2 is 1.55 bits per heavy atom. The number of likely N-dealkylation sites (tertiary alicyclic amines) is 1. The normalized spacial score (nSPS) is 24.0. The van der Waals surface area contributed by atoms with Gasteiger partial charge in [0.25, 0.3) is 5.92 Å². The van der Waals surface area contributed by atoms with Gasteiger partial charge in [-0.15, -0.1) is 0 Å². The van der Waals surface area contributed by atoms with E-state index in [-0.39, 0.29) is 25.5 Å². The smallest absolute Gasteiger partial charge is 0.407 e. The number of nitrogens with zero attached hydrogens (tertiary/aromatic N) is 1. The molecular formula is C32H31F2N3O5. The summed E-state index contributed by atoms with van der Waals surface area (Å²) in [6, 6.07) is 25.2. The maximum atomic E-state index is 14.7. The lowest BCUT2D eigenvalue weighted by molar-refractivity contribution is -0.147. The molecule has 3 N–H and O–H groups in total. The van der Waals surface area contributed by atoms with Crippen molar-refractivity contribution in [3.05, 3.63) is 95.6 Å². The molecule has 2 fully saturated rings. The number of alkyl carbamates (subject to hydrolysis) is 1. The van der Waals surface area contributed by atoms with E-state index in [9.17, 15) is 28.3 Å². The van der Waals surface area contributed by atoms with E-state index in [1.54, 1.807) is 0 Å². The van der Waals surface area contributed by atoms with Crippen molar-refractivity contribution in [2.75, 3.05) is 26.2 Å². The van der Waals surface area contributed by atoms with E-state index < -0.39 is 47.8 Å². The predicted molar refractivity (Wildman–Crippen MR) is 150 cm³/mol. The van der Waals surface area contributed by atoms with Gasteiger partial charge in [-0.25, -0.2) is 18.4 Å². The van der Waals surface area contributed by atoms with E-state index in [0.29, 0.717) is 13.1 Å². The van der Waals surface area contributed by atoms with Gasteiger partial charge in [0.2, 0.25) is 5.91 Å². The van der Waals surface area contributed by atoms with Crippen molar-refractivity contribution in [1.29, 1.82) is 0 Å². The first-order valence-corrected chi connectivity index (χ1v) is 14.0. The molecule has 10 heteroatoms. The molecule has 0 aromatic heterocycles. The van der Waals surface area contributed by atoms with Crippen molar-refractivity contribution in [2.45, 2.75) is 30.3 Å². The summed E-state index contributed by atoms with van der Waals surface area (Å²) in [5.74, 6) is -9.02. The fourth-order valence-corrected chi connectivity index (χ4v) is 6.35. The van der Waals surface area contributed by atoms with Crippen molar-refractivity contribution in [3.8, 4) is 11.1 Å². The predicted octanol–water partition coefficient (Wildman–Crippen LogP) is 4.25. The van der Waals surface area contributed by atoms with Crippen LogP contribution in [0.4, 0.5) is 13.6 Å². The molecule has 42 heavy (non-hydrogen) atoms. The molecule has 1 heterocycles. The van der Waals surface area contributed by atoms with Gasteiger partial charge in [-0.05, 0) is 34.2 Å². The number of rotatable bonds is 9. The molecule has 3 atom stereocenters. The van der Waals surface area contributed by atoms with E-state index in [0.717, 1.165) is 27.8 Å². The number of halogens is 2. The Labute approximate surface area is 241 Å². The third-order valence-electron chi connectivity index (χ3n) is 8.66. The standard InChI is InChI=1S/C32H31F2N3O5/c33-32(34)26(16-35-30(41)42-18-25-23-12-6-4-10-21(23)22-11-5-7-13-24(22)25)27(32)28(38)36-31(29(39)40)14-15-37(19-31)17-20-8-2-1-3-9-20/h1-13,25-27H,14-19H2,(H,35,41)(H,36,38)(H,39,40). The quantitative estimate of drug-likeness (QED) is 0.352. The maximum absolute atomic E-state index is 14.7. The van der Waals surface area contributed by atoms with Crippen LogP contribution in [0.1, 0.15) is 29.0 Å². The van der Waals surface area contributed by atoms with Gasteiger partial charge in [0.05, 0.1) is 5.92 Å². The molecule has 218 valence electrons. The van der Waals surface area contributed by atoms with Crippen molar-refractivity contribution in [1.82, 2.24) is 15.5 Å². The van der Waals surface area contributed by atoms with Crippen LogP contribution in [0.25, 0.3) is 11.1 Å². The lowest BCUT2D eigenvalue weighted by Crippen LogP contribution is -2.57. The fourth-order valence-electron chi connectivity index (χ4n) is 6.35. The number of hydrogen-bond donors (Lipinski definition) is 3. The molecule has 2 aliphatic carbocycles. The summed E-state index contributed by atoms with van der Waals surface area (Å²) in [5.41, 5.74) is 3.52. The summed E-state index contributed by atoms with van der Waals surface area (Å²) in [6.07, 6.45) is -0.755. The van der Waals surface area contributed by atoms with Crippen LogP contribution in [0.3, 0.4) is 0 Å². The average Bonchev–Trinajstić information content (AvgIpc) is 3.23. The SMILES string of the molecule is O=C(NCC1C(C(=O)NC2(C(=O)O)CCN(Cc3ccccc3)C2)C1(F)F)OCC1c2ccccc2-c2ccccc21. The number of carboxylic acid groups (broad SMARTS) is 1. The molecule has 3 aromatic carbocycles. The third kappa shape index (κ3) is 5.11. The summed E-state index contributed by atoms with van der Waals surface area (Å²) < 4.78 is 34.8. The number of nitrogens with one attached hydrogen (secondary N) is 2. The molecule has 3 aliphatic rings. The number of aliphatic carboxylic acids is 1. The summed E-state index contributed by atoms with van der Waals surface area (Å²) in [6.45, 7) is 0.449. The number of benzene rings is 3. The second-order valence-electron chi connectivity index (χ2n) is 11.3. The molecule has 1 aliphatic heterocycles. The molecule has 2 amide bonds. The first-order chi connectivity index (χ1) is 20.2. The average molecular weight is 576 g/mol. The minimum Gasteiger partial charge on any atom is -0.479 e. The van der Waals surface area contributed by atoms with Gasteiger partial charge in [-0.1, -0.05) is 78.9 Å². The first-order valence-electron chi connectivity index (χ1n) is 14.0. The number of hydrogen-bond acceptors (Lipinski definition) is 5. The summed E-state index contributed by atoms with van der Waals surface area (Å²) in [5, 5.41) is 14.7. The molecular weight excluding hydrogens is 544 g/mol. The lowest BCUT2D eigenvalue weighted by Gasteiger charge is -2.26. The largest absolute Gasteiger partial charge is 0.479 e. The molecule has 8 nitrogen and oxygen atoms in total. The third-order valence-corrected chi connectivity index (χ3v) is 8.66. The van der Waals surface area contributed by atoms with Crippen LogP contribution < -0.4 is 10.6 Å². The van der Waals surface area contributed by atoms with Crippen LogP contribution in [0.15, 0.2) is 78.9 Å². The van der Waals surface area contributed by atoms with Gasteiger partial charge in [0.1, 0.15) is 12.5 Å². The first kappa shape index (κ1) is 27.8. The maximum Gasteiger partial charge on any atom is 0.407 e. The number of carboxylic acids is 1. The highest BCUT2D eigenvalue weighted by Gasteiger charge is 2.72. The summed E-state index contributed by atoms with van der Waals surface area (Å²) in [7, 11) is 0.